The summed E-state index contributed by atoms with van der Waals surface area (Å²) in [5, 5.41) is 13.7. The van der Waals surface area contributed by atoms with Gasteiger partial charge in [0.1, 0.15) is 10.7 Å². The highest BCUT2D eigenvalue weighted by Gasteiger charge is 2.25. The number of pyridine rings is 1. The molecular weight excluding hydrogens is 334 g/mol. The monoisotopic (exact) mass is 349 g/mol. The van der Waals surface area contributed by atoms with Crippen molar-refractivity contribution >= 4 is 27.2 Å². The molecule has 0 aliphatic heterocycles. The number of anilines is 1. The average molecular weight is 349 g/mol. The molecule has 0 aliphatic carbocycles. The van der Waals surface area contributed by atoms with Gasteiger partial charge in [-0.05, 0) is 30.7 Å². The van der Waals surface area contributed by atoms with E-state index in [9.17, 15) is 23.3 Å². The van der Waals surface area contributed by atoms with Gasteiger partial charge in [0, 0.05) is 18.5 Å². The van der Waals surface area contributed by atoms with Crippen LogP contribution in [0, 0.1) is 10.1 Å². The van der Waals surface area contributed by atoms with E-state index in [1.165, 1.54) is 12.3 Å². The van der Waals surface area contributed by atoms with Crippen LogP contribution in [0.3, 0.4) is 0 Å². The van der Waals surface area contributed by atoms with Crippen LogP contribution in [0.4, 0.5) is 11.5 Å². The van der Waals surface area contributed by atoms with Crippen LogP contribution in [0.15, 0.2) is 47.5 Å². The van der Waals surface area contributed by atoms with Crippen LogP contribution in [0.5, 0.6) is 0 Å². The second-order valence-electron chi connectivity index (χ2n) is 5.18. The van der Waals surface area contributed by atoms with Crippen molar-refractivity contribution in [1.82, 2.24) is 4.98 Å². The van der Waals surface area contributed by atoms with Gasteiger partial charge in [-0.15, -0.1) is 0 Å². The van der Waals surface area contributed by atoms with Gasteiger partial charge in [-0.1, -0.05) is 12.1 Å². The number of sulfone groups is 1. The molecule has 0 bridgehead atoms. The third-order valence-corrected chi connectivity index (χ3v) is 4.53. The Kier molecular flexibility index (Phi) is 4.93. The number of nitrogens with one attached hydrogen (secondary N) is 1. The summed E-state index contributed by atoms with van der Waals surface area (Å²) in [4.78, 5) is 26.2. The topological polar surface area (TPSA) is 119 Å². The Morgan fingerprint density at radius 2 is 2.00 bits per heavy atom. The molecule has 1 atom stereocenters. The number of nitro groups is 1. The second-order valence-corrected chi connectivity index (χ2v) is 7.17. The lowest BCUT2D eigenvalue weighted by atomic mass is 10.00. The van der Waals surface area contributed by atoms with Crippen LogP contribution in [0.2, 0.25) is 0 Å². The molecule has 2 rings (SSSR count). The second kappa shape index (κ2) is 6.75. The maximum Gasteiger partial charge on any atom is 0.288 e. The molecule has 1 aromatic carbocycles. The van der Waals surface area contributed by atoms with E-state index in [-0.39, 0.29) is 4.90 Å². The first kappa shape index (κ1) is 17.5. The Labute approximate surface area is 138 Å². The number of nitro benzene ring substituents is 1. The summed E-state index contributed by atoms with van der Waals surface area (Å²) in [7, 11) is -3.74. The Morgan fingerprint density at radius 1 is 1.29 bits per heavy atom. The van der Waals surface area contributed by atoms with E-state index in [1.54, 1.807) is 25.1 Å². The molecule has 8 nitrogen and oxygen atoms in total. The van der Waals surface area contributed by atoms with Gasteiger partial charge in [-0.3, -0.25) is 14.9 Å². The molecule has 0 saturated carbocycles. The fraction of sp³-hybridized carbons (Fsp3) is 0.200. The molecule has 0 saturated heterocycles. The van der Waals surface area contributed by atoms with Gasteiger partial charge in [-0.25, -0.2) is 13.4 Å². The first-order valence-corrected chi connectivity index (χ1v) is 8.79. The predicted octanol–water partition coefficient (Wildman–Crippen LogP) is 2.14. The molecular formula is C15H15N3O5S. The summed E-state index contributed by atoms with van der Waals surface area (Å²) < 4.78 is 23.2. The highest BCUT2D eigenvalue weighted by molar-refractivity contribution is 7.90. The Morgan fingerprint density at radius 3 is 2.54 bits per heavy atom. The number of hydrogen-bond donors (Lipinski definition) is 1. The van der Waals surface area contributed by atoms with Gasteiger partial charge < -0.3 is 5.32 Å². The summed E-state index contributed by atoms with van der Waals surface area (Å²) >= 11 is 0. The van der Waals surface area contributed by atoms with Gasteiger partial charge in [0.05, 0.1) is 10.8 Å². The normalized spacial score (nSPS) is 12.4. The third kappa shape index (κ3) is 3.93. The molecule has 126 valence electrons. The van der Waals surface area contributed by atoms with Gasteiger partial charge in [0.15, 0.2) is 9.84 Å². The van der Waals surface area contributed by atoms with Crippen LogP contribution in [0.1, 0.15) is 18.4 Å². The number of benzene rings is 1. The van der Waals surface area contributed by atoms with Crippen molar-refractivity contribution in [2.24, 2.45) is 0 Å². The number of carbonyl (C=O) groups is 1. The summed E-state index contributed by atoms with van der Waals surface area (Å²) in [6.07, 6.45) is 2.41. The quantitative estimate of drug-likeness (QED) is 0.652. The molecule has 1 amide bonds. The fourth-order valence-corrected chi connectivity index (χ4v) is 2.91. The molecule has 0 aliphatic rings. The van der Waals surface area contributed by atoms with Gasteiger partial charge in [0.2, 0.25) is 5.91 Å². The van der Waals surface area contributed by atoms with Crippen LogP contribution in [0.25, 0.3) is 0 Å². The van der Waals surface area contributed by atoms with Crippen molar-refractivity contribution in [3.05, 3.63) is 58.3 Å². The van der Waals surface area contributed by atoms with E-state index in [0.717, 1.165) is 18.4 Å². The highest BCUT2D eigenvalue weighted by atomic mass is 32.2. The van der Waals surface area contributed by atoms with E-state index < -0.39 is 32.3 Å². The van der Waals surface area contributed by atoms with E-state index >= 15 is 0 Å². The first-order chi connectivity index (χ1) is 11.2. The van der Waals surface area contributed by atoms with Crippen molar-refractivity contribution in [1.29, 1.82) is 0 Å². The van der Waals surface area contributed by atoms with Crippen molar-refractivity contribution in [3.8, 4) is 0 Å². The van der Waals surface area contributed by atoms with Crippen LogP contribution < -0.4 is 5.32 Å². The number of amides is 1. The molecule has 0 fully saturated rings. The molecule has 1 unspecified atom stereocenters. The maximum absolute atomic E-state index is 12.2. The molecule has 1 aromatic heterocycles. The molecule has 9 heteroatoms. The van der Waals surface area contributed by atoms with Crippen molar-refractivity contribution in [2.45, 2.75) is 17.7 Å². The van der Waals surface area contributed by atoms with Gasteiger partial charge >= 0.3 is 0 Å². The van der Waals surface area contributed by atoms with Crippen molar-refractivity contribution in [3.63, 3.8) is 0 Å². The van der Waals surface area contributed by atoms with Gasteiger partial charge in [0.25, 0.3) is 5.69 Å². The number of nitrogens with zero attached hydrogens (tertiary/aromatic N) is 2. The Hall–Kier alpha value is -2.81. The molecule has 0 spiro atoms. The van der Waals surface area contributed by atoms with E-state index in [0.29, 0.717) is 11.4 Å². The summed E-state index contributed by atoms with van der Waals surface area (Å²) in [6.45, 7) is 1.57. The maximum atomic E-state index is 12.2. The number of rotatable bonds is 5. The minimum absolute atomic E-state index is 0.336. The zero-order valence-corrected chi connectivity index (χ0v) is 13.8. The van der Waals surface area contributed by atoms with E-state index in [2.05, 4.69) is 10.3 Å². The van der Waals surface area contributed by atoms with Crippen LogP contribution >= 0.6 is 0 Å². The SMILES string of the molecule is CC(C(=O)Nc1ccccn1)c1ccc(S(C)(=O)=O)c([N+](=O)[O-])c1. The lowest BCUT2D eigenvalue weighted by molar-refractivity contribution is -0.387. The Bertz CT molecular complexity index is 881. The summed E-state index contributed by atoms with van der Waals surface area (Å²) in [6, 6.07) is 8.67. The molecule has 2 aromatic rings. The molecule has 0 radical (unpaired) electrons. The van der Waals surface area contributed by atoms with Crippen LogP contribution in [-0.2, 0) is 14.6 Å². The lowest BCUT2D eigenvalue weighted by Gasteiger charge is -2.12. The number of carbonyl (C=O) groups excluding carboxylic acids is 1. The zero-order chi connectivity index (χ0) is 17.9. The van der Waals surface area contributed by atoms with Crippen molar-refractivity contribution < 1.29 is 18.1 Å². The Balaban J connectivity index is 2.33. The standard InChI is InChI=1S/C15H15N3O5S/c1-10(15(19)17-14-5-3-4-8-16-14)11-6-7-13(24(2,22)23)12(9-11)18(20)21/h3-10H,1-2H3,(H,16,17,19). The first-order valence-electron chi connectivity index (χ1n) is 6.90. The third-order valence-electron chi connectivity index (χ3n) is 3.39. The molecule has 24 heavy (non-hydrogen) atoms. The van der Waals surface area contributed by atoms with E-state index in [4.69, 9.17) is 0 Å². The van der Waals surface area contributed by atoms with E-state index in [1.807, 2.05) is 0 Å². The molecule has 1 N–H and O–H groups in total. The number of hydrogen-bond acceptors (Lipinski definition) is 6. The minimum Gasteiger partial charge on any atom is -0.310 e. The highest BCUT2D eigenvalue weighted by Crippen LogP contribution is 2.28. The summed E-state index contributed by atoms with van der Waals surface area (Å²) in [5.41, 5.74) is -0.213. The zero-order valence-electron chi connectivity index (χ0n) is 13.0. The largest absolute Gasteiger partial charge is 0.310 e. The van der Waals surface area contributed by atoms with Crippen LogP contribution in [-0.4, -0.2) is 30.5 Å². The predicted molar refractivity (Wildman–Crippen MR) is 87.5 cm³/mol. The average Bonchev–Trinajstić information content (AvgIpc) is 2.53. The van der Waals surface area contributed by atoms with Gasteiger partial charge in [-0.2, -0.15) is 0 Å². The summed E-state index contributed by atoms with van der Waals surface area (Å²) in [5.74, 6) is -0.772. The number of aromatic nitrogens is 1. The fourth-order valence-electron chi connectivity index (χ4n) is 2.08. The van der Waals surface area contributed by atoms with Crippen molar-refractivity contribution in [2.75, 3.05) is 11.6 Å². The smallest absolute Gasteiger partial charge is 0.288 e. The lowest BCUT2D eigenvalue weighted by Crippen LogP contribution is -2.19. The molecule has 1 heterocycles. The minimum atomic E-state index is -3.74.